The second kappa shape index (κ2) is 9.25. The Morgan fingerprint density at radius 1 is 1.19 bits per heavy atom. The van der Waals surface area contributed by atoms with Crippen molar-refractivity contribution in [3.05, 3.63) is 36.0 Å². The summed E-state index contributed by atoms with van der Waals surface area (Å²) in [5.74, 6) is -0.482. The number of carbonyl (C=O) groups excluding carboxylic acids is 3. The molecule has 4 amide bonds. The minimum atomic E-state index is -1.14. The molecule has 0 spiro atoms. The highest BCUT2D eigenvalue weighted by molar-refractivity contribution is 7.19. The number of carbonyl (C=O) groups is 3. The molecule has 1 fully saturated rings. The van der Waals surface area contributed by atoms with Crippen LogP contribution in [0.4, 0.5) is 14.6 Å². The molecular formula is C22H29N5O4S. The first-order valence-electron chi connectivity index (χ1n) is 10.6. The monoisotopic (exact) mass is 459 g/mol. The van der Waals surface area contributed by atoms with Gasteiger partial charge in [-0.15, -0.1) is 0 Å². The number of urea groups is 1. The molecule has 2 heterocycles. The van der Waals surface area contributed by atoms with Gasteiger partial charge < -0.3 is 21.0 Å². The summed E-state index contributed by atoms with van der Waals surface area (Å²) in [4.78, 5) is 41.3. The zero-order valence-electron chi connectivity index (χ0n) is 18.5. The first kappa shape index (κ1) is 23.7. The molecule has 0 aliphatic carbocycles. The number of likely N-dealkylation sites (tertiary alicyclic amines) is 1. The predicted octanol–water partition coefficient (Wildman–Crippen LogP) is 2.54. The fourth-order valence-electron chi connectivity index (χ4n) is 4.13. The minimum absolute atomic E-state index is 0.0548. The lowest BCUT2D eigenvalue weighted by atomic mass is 10.0. The Bertz CT molecular complexity index is 1000. The van der Waals surface area contributed by atoms with Crippen LogP contribution in [0.1, 0.15) is 50.5 Å². The minimum Gasteiger partial charge on any atom is -0.498 e. The van der Waals surface area contributed by atoms with Crippen molar-refractivity contribution in [2.75, 3.05) is 18.4 Å². The molecule has 32 heavy (non-hydrogen) atoms. The van der Waals surface area contributed by atoms with Gasteiger partial charge in [-0.05, 0) is 40.0 Å². The van der Waals surface area contributed by atoms with E-state index >= 15 is 0 Å². The number of quaternary nitrogens is 1. The van der Waals surface area contributed by atoms with Crippen LogP contribution in [0.5, 0.6) is 0 Å². The van der Waals surface area contributed by atoms with Gasteiger partial charge in [0.15, 0.2) is 5.69 Å². The number of nitrogens with one attached hydrogen (secondary N) is 2. The van der Waals surface area contributed by atoms with E-state index in [2.05, 4.69) is 15.6 Å². The van der Waals surface area contributed by atoms with Gasteiger partial charge >= 0.3 is 6.03 Å². The molecule has 1 unspecified atom stereocenters. The van der Waals surface area contributed by atoms with Crippen LogP contribution in [0.25, 0.3) is 10.6 Å². The molecule has 1 aliphatic rings. The average molecular weight is 460 g/mol. The van der Waals surface area contributed by atoms with Crippen molar-refractivity contribution in [3.63, 3.8) is 0 Å². The molecule has 9 nitrogen and oxygen atoms in total. The highest BCUT2D eigenvalue weighted by Crippen LogP contribution is 2.33. The standard InChI is InChI=1S/C22H29N5O4S/c1-22(2,3)27(21(30)31)12-8-7-11-15(13-27)24-17(28)16-19(26-20(23)29)32-18(25-16)14-9-5-4-6-10-14/h4-6,9-10,15H,7-8,11-13H2,1-3H3,(H4-,23,24,26,28,29,30,31)/t15-,27?/m0/s1. The summed E-state index contributed by atoms with van der Waals surface area (Å²) in [7, 11) is 0. The van der Waals surface area contributed by atoms with E-state index in [1.807, 2.05) is 51.1 Å². The number of nitrogens with two attached hydrogens (primary N) is 1. The van der Waals surface area contributed by atoms with Gasteiger partial charge in [-0.25, -0.2) is 9.78 Å². The number of carboxylic acid groups (broad SMARTS) is 1. The number of primary amides is 1. The van der Waals surface area contributed by atoms with Crippen molar-refractivity contribution in [1.29, 1.82) is 0 Å². The highest BCUT2D eigenvalue weighted by atomic mass is 32.1. The summed E-state index contributed by atoms with van der Waals surface area (Å²) in [6.45, 7) is 6.27. The van der Waals surface area contributed by atoms with Crippen LogP contribution in [0.3, 0.4) is 0 Å². The lowest BCUT2D eigenvalue weighted by Gasteiger charge is -2.48. The summed E-state index contributed by atoms with van der Waals surface area (Å²) in [6, 6.07) is 8.11. The van der Waals surface area contributed by atoms with E-state index < -0.39 is 23.6 Å². The second-order valence-corrected chi connectivity index (χ2v) is 10.0. The average Bonchev–Trinajstić information content (AvgIpc) is 2.99. The number of aromatic nitrogens is 1. The third kappa shape index (κ3) is 4.91. The SMILES string of the molecule is CC(C)(C)[N+]1(C(=O)[O-])CCCC[C@H](NC(=O)c2nc(-c3ccccc3)sc2NC(N)=O)C1. The van der Waals surface area contributed by atoms with Crippen LogP contribution in [-0.4, -0.2) is 52.2 Å². The van der Waals surface area contributed by atoms with E-state index in [-0.39, 0.29) is 27.8 Å². The number of benzene rings is 1. The van der Waals surface area contributed by atoms with Crippen molar-refractivity contribution >= 4 is 34.4 Å². The molecule has 4 N–H and O–H groups in total. The topological polar surface area (TPSA) is 137 Å². The van der Waals surface area contributed by atoms with E-state index in [4.69, 9.17) is 5.73 Å². The summed E-state index contributed by atoms with van der Waals surface area (Å²) < 4.78 is -0.239. The number of anilines is 1. The van der Waals surface area contributed by atoms with Gasteiger partial charge in [0.25, 0.3) is 12.0 Å². The number of amides is 4. The van der Waals surface area contributed by atoms with Crippen LogP contribution in [-0.2, 0) is 0 Å². The van der Waals surface area contributed by atoms with Crippen LogP contribution in [0, 0.1) is 0 Å². The molecule has 0 bridgehead atoms. The maximum atomic E-state index is 13.2. The van der Waals surface area contributed by atoms with Gasteiger partial charge in [0, 0.05) is 5.56 Å². The zero-order valence-corrected chi connectivity index (χ0v) is 19.3. The number of hydrogen-bond donors (Lipinski definition) is 3. The lowest BCUT2D eigenvalue weighted by molar-refractivity contribution is -0.919. The van der Waals surface area contributed by atoms with Crippen molar-refractivity contribution in [1.82, 2.24) is 10.3 Å². The zero-order chi connectivity index (χ0) is 23.5. The first-order chi connectivity index (χ1) is 15.0. The lowest BCUT2D eigenvalue weighted by Crippen LogP contribution is -2.70. The molecular weight excluding hydrogens is 430 g/mol. The number of hydrogen-bond acceptors (Lipinski definition) is 6. The predicted molar refractivity (Wildman–Crippen MR) is 121 cm³/mol. The van der Waals surface area contributed by atoms with E-state index in [0.717, 1.165) is 29.7 Å². The normalized spacial score (nSPS) is 21.4. The Morgan fingerprint density at radius 3 is 2.47 bits per heavy atom. The first-order valence-corrected chi connectivity index (χ1v) is 11.4. The molecule has 1 saturated heterocycles. The van der Waals surface area contributed by atoms with Gasteiger partial charge in [-0.3, -0.25) is 14.6 Å². The quantitative estimate of drug-likeness (QED) is 0.603. The smallest absolute Gasteiger partial charge is 0.317 e. The Morgan fingerprint density at radius 2 is 1.88 bits per heavy atom. The molecule has 1 aromatic heterocycles. The third-order valence-electron chi connectivity index (χ3n) is 5.94. The van der Waals surface area contributed by atoms with E-state index in [1.165, 1.54) is 0 Å². The number of thiazole rings is 1. The maximum Gasteiger partial charge on any atom is 0.317 e. The van der Waals surface area contributed by atoms with E-state index in [9.17, 15) is 19.5 Å². The molecule has 2 atom stereocenters. The van der Waals surface area contributed by atoms with Crippen molar-refractivity contribution in [3.8, 4) is 10.6 Å². The van der Waals surface area contributed by atoms with Crippen molar-refractivity contribution < 1.29 is 24.0 Å². The Hall–Kier alpha value is -2.98. The fraction of sp³-hybridized carbons (Fsp3) is 0.455. The van der Waals surface area contributed by atoms with Crippen LogP contribution >= 0.6 is 11.3 Å². The maximum absolute atomic E-state index is 13.2. The Labute approximate surface area is 191 Å². The van der Waals surface area contributed by atoms with E-state index in [1.54, 1.807) is 0 Å². The molecule has 1 aliphatic heterocycles. The fourth-order valence-corrected chi connectivity index (χ4v) is 5.10. The van der Waals surface area contributed by atoms with Crippen LogP contribution in [0.15, 0.2) is 30.3 Å². The highest BCUT2D eigenvalue weighted by Gasteiger charge is 2.45. The summed E-state index contributed by atoms with van der Waals surface area (Å²) >= 11 is 1.15. The molecule has 3 rings (SSSR count). The molecule has 2 aromatic rings. The summed E-state index contributed by atoms with van der Waals surface area (Å²) in [5.41, 5.74) is 5.55. The van der Waals surface area contributed by atoms with Gasteiger partial charge in [-0.2, -0.15) is 0 Å². The van der Waals surface area contributed by atoms with Crippen LogP contribution in [0.2, 0.25) is 0 Å². The molecule has 1 aromatic carbocycles. The van der Waals surface area contributed by atoms with Gasteiger partial charge in [0.2, 0.25) is 0 Å². The number of rotatable bonds is 4. The molecule has 10 heteroatoms. The van der Waals surface area contributed by atoms with E-state index in [0.29, 0.717) is 18.0 Å². The molecule has 172 valence electrons. The van der Waals surface area contributed by atoms with Crippen molar-refractivity contribution in [2.45, 2.75) is 51.6 Å². The largest absolute Gasteiger partial charge is 0.498 e. The van der Waals surface area contributed by atoms with Crippen molar-refractivity contribution in [2.24, 2.45) is 5.73 Å². The Balaban J connectivity index is 1.89. The van der Waals surface area contributed by atoms with Gasteiger partial charge in [0.1, 0.15) is 16.6 Å². The Kier molecular flexibility index (Phi) is 6.85. The molecule has 0 radical (unpaired) electrons. The van der Waals surface area contributed by atoms with Gasteiger partial charge in [0.05, 0.1) is 18.1 Å². The van der Waals surface area contributed by atoms with Gasteiger partial charge in [-0.1, -0.05) is 41.7 Å². The summed E-state index contributed by atoms with van der Waals surface area (Å²) in [6.07, 6.45) is 1.01. The second-order valence-electron chi connectivity index (χ2n) is 9.03. The number of nitrogens with zero attached hydrogens (tertiary/aromatic N) is 2. The molecule has 0 saturated carbocycles. The van der Waals surface area contributed by atoms with Crippen LogP contribution < -0.4 is 21.5 Å². The summed E-state index contributed by atoms with van der Waals surface area (Å²) in [5, 5.41) is 18.4. The third-order valence-corrected chi connectivity index (χ3v) is 6.96.